The molecule has 0 aliphatic carbocycles. The second kappa shape index (κ2) is 10.4. The van der Waals surface area contributed by atoms with Crippen LogP contribution in [0.25, 0.3) is 0 Å². The van der Waals surface area contributed by atoms with E-state index in [9.17, 15) is 74.3 Å². The molecular formula is C16H14F15NO3S. The number of pyridine rings is 1. The molecule has 0 spiro atoms. The van der Waals surface area contributed by atoms with Crippen molar-refractivity contribution in [3.05, 3.63) is 30.6 Å². The lowest BCUT2D eigenvalue weighted by Crippen LogP contribution is -2.74. The summed E-state index contributed by atoms with van der Waals surface area (Å²) < 4.78 is 226. The molecule has 0 saturated carbocycles. The normalized spacial score (nSPS) is 15.7. The van der Waals surface area contributed by atoms with E-state index in [1.165, 1.54) is 0 Å². The van der Waals surface area contributed by atoms with Crippen LogP contribution in [-0.2, 0) is 10.1 Å². The predicted octanol–water partition coefficient (Wildman–Crippen LogP) is 6.50. The summed E-state index contributed by atoms with van der Waals surface area (Å²) in [5.74, 6) is -48.5. The molecule has 36 heavy (non-hydrogen) atoms. The lowest BCUT2D eigenvalue weighted by atomic mass is 9.89. The number of alkyl halides is 15. The van der Waals surface area contributed by atoms with Gasteiger partial charge in [0.2, 0.25) is 0 Å². The first-order valence-corrected chi connectivity index (χ1v) is 10.3. The lowest BCUT2D eigenvalue weighted by Gasteiger charge is -2.42. The van der Waals surface area contributed by atoms with Crippen LogP contribution >= 0.6 is 0 Å². The van der Waals surface area contributed by atoms with Crippen LogP contribution in [0.3, 0.4) is 0 Å². The summed E-state index contributed by atoms with van der Waals surface area (Å²) in [6.07, 6.45) is -3.46. The smallest absolute Gasteiger partial charge is 0.281 e. The van der Waals surface area contributed by atoms with Gasteiger partial charge in [0.1, 0.15) is 0 Å². The molecule has 1 unspecified atom stereocenters. The highest BCUT2D eigenvalue weighted by molar-refractivity contribution is 7.87. The van der Waals surface area contributed by atoms with Gasteiger partial charge in [-0.25, -0.2) is 4.39 Å². The molecule has 0 aliphatic rings. The van der Waals surface area contributed by atoms with Crippen LogP contribution < -0.4 is 0 Å². The van der Waals surface area contributed by atoms with E-state index in [0.717, 1.165) is 6.92 Å². The van der Waals surface area contributed by atoms with Crippen molar-refractivity contribution in [1.82, 2.24) is 4.98 Å². The Labute approximate surface area is 192 Å². The highest BCUT2D eigenvalue weighted by Gasteiger charge is 2.94. The average molecular weight is 585 g/mol. The van der Waals surface area contributed by atoms with E-state index in [-0.39, 0.29) is 0 Å². The molecule has 0 fully saturated rings. The minimum absolute atomic E-state index is 0.791. The van der Waals surface area contributed by atoms with Crippen molar-refractivity contribution in [2.75, 3.05) is 0 Å². The maximum absolute atomic E-state index is 13.4. The van der Waals surface area contributed by atoms with Crippen LogP contribution in [0.15, 0.2) is 30.6 Å². The van der Waals surface area contributed by atoms with Crippen LogP contribution in [0.4, 0.5) is 65.9 Å². The third kappa shape index (κ3) is 5.33. The summed E-state index contributed by atoms with van der Waals surface area (Å²) >= 11 is 0. The average Bonchev–Trinajstić information content (AvgIpc) is 2.73. The third-order valence-corrected chi connectivity index (χ3v) is 5.09. The maximum atomic E-state index is 13.4. The van der Waals surface area contributed by atoms with Crippen LogP contribution in [0.1, 0.15) is 19.8 Å². The number of halogens is 15. The number of nitrogens with zero attached hydrogens (tertiary/aromatic N) is 1. The molecule has 20 heteroatoms. The minimum Gasteiger partial charge on any atom is -0.281 e. The van der Waals surface area contributed by atoms with E-state index < -0.39 is 69.9 Å². The van der Waals surface area contributed by atoms with Crippen LogP contribution in [0, 0.1) is 0 Å². The SMILES string of the molecule is CCCC(F)C(F)(F)C(F)(F)C(F)(F)C(F)(F)C(F)(F)C(F)(F)C(F)(F)S(=O)(=O)O.c1ccncc1. The molecule has 1 N–H and O–H groups in total. The van der Waals surface area contributed by atoms with Gasteiger partial charge < -0.3 is 0 Å². The molecule has 1 rings (SSSR count). The molecule has 0 amide bonds. The Morgan fingerprint density at radius 1 is 0.694 bits per heavy atom. The number of aromatic nitrogens is 1. The van der Waals surface area contributed by atoms with Gasteiger partial charge in [0.05, 0.1) is 0 Å². The Kier molecular flexibility index (Phi) is 9.83. The maximum Gasteiger partial charge on any atom is 0.438 e. The molecule has 1 atom stereocenters. The Morgan fingerprint density at radius 3 is 1.33 bits per heavy atom. The fourth-order valence-electron chi connectivity index (χ4n) is 2.09. The highest BCUT2D eigenvalue weighted by Crippen LogP contribution is 2.63. The second-order valence-corrected chi connectivity index (χ2v) is 8.23. The quantitative estimate of drug-likeness (QED) is 0.252. The van der Waals surface area contributed by atoms with E-state index in [4.69, 9.17) is 4.55 Å². The van der Waals surface area contributed by atoms with E-state index in [1.54, 1.807) is 12.4 Å². The monoisotopic (exact) mass is 585 g/mol. The van der Waals surface area contributed by atoms with Gasteiger partial charge in [-0.3, -0.25) is 9.54 Å². The van der Waals surface area contributed by atoms with Crippen LogP contribution in [-0.4, -0.2) is 64.9 Å². The predicted molar refractivity (Wildman–Crippen MR) is 90.2 cm³/mol. The summed E-state index contributed by atoms with van der Waals surface area (Å²) in [6.45, 7) is 0.791. The third-order valence-electron chi connectivity index (χ3n) is 4.19. The Hall–Kier alpha value is -1.99. The van der Waals surface area contributed by atoms with Crippen LogP contribution in [0.5, 0.6) is 0 Å². The number of hydrogen-bond acceptors (Lipinski definition) is 3. The zero-order valence-electron chi connectivity index (χ0n) is 17.2. The lowest BCUT2D eigenvalue weighted by molar-refractivity contribution is -0.439. The standard InChI is InChI=1S/C11H9F15O3S.C5H5N/c1-2-3-4(12)5(13,14)6(15,16)7(17,18)8(19,20)9(21,22)10(23,24)11(25,26)30(27,28)29;1-2-4-6-5-3-1/h4H,2-3H2,1H3,(H,27,28,29);1-5H. The minimum atomic E-state index is -8.55. The van der Waals surface area contributed by atoms with Crippen molar-refractivity contribution in [2.45, 2.75) is 66.7 Å². The molecular weight excluding hydrogens is 571 g/mol. The fraction of sp³-hybridized carbons (Fsp3) is 0.688. The largest absolute Gasteiger partial charge is 0.438 e. The Morgan fingerprint density at radius 2 is 1.06 bits per heavy atom. The van der Waals surface area contributed by atoms with Gasteiger partial charge in [-0.05, 0) is 18.6 Å². The number of hydrogen-bond donors (Lipinski definition) is 1. The molecule has 1 aromatic heterocycles. The summed E-state index contributed by atoms with van der Waals surface area (Å²) in [7, 11) is -7.77. The van der Waals surface area contributed by atoms with E-state index in [0.29, 0.717) is 0 Å². The first-order valence-electron chi connectivity index (χ1n) is 8.84. The summed E-state index contributed by atoms with van der Waals surface area (Å²) in [4.78, 5) is 3.78. The van der Waals surface area contributed by atoms with E-state index >= 15 is 0 Å². The first kappa shape index (κ1) is 34.0. The molecule has 0 saturated heterocycles. The van der Waals surface area contributed by atoms with Crippen LogP contribution in [0.2, 0.25) is 0 Å². The van der Waals surface area contributed by atoms with Gasteiger partial charge in [-0.2, -0.15) is 69.9 Å². The summed E-state index contributed by atoms with van der Waals surface area (Å²) in [5, 5.41) is -7.69. The van der Waals surface area contributed by atoms with E-state index in [2.05, 4.69) is 4.98 Å². The molecule has 1 aromatic rings. The van der Waals surface area contributed by atoms with Crippen molar-refractivity contribution >= 4 is 10.1 Å². The zero-order valence-corrected chi connectivity index (χ0v) is 18.0. The van der Waals surface area contributed by atoms with Gasteiger partial charge in [-0.1, -0.05) is 19.4 Å². The molecule has 1 heterocycles. The Bertz CT molecular complexity index is 928. The van der Waals surface area contributed by atoms with Crippen molar-refractivity contribution < 1.29 is 78.8 Å². The Balaban J connectivity index is 0.00000176. The van der Waals surface area contributed by atoms with E-state index in [1.807, 2.05) is 18.2 Å². The molecule has 0 bridgehead atoms. The second-order valence-electron chi connectivity index (χ2n) is 6.77. The van der Waals surface area contributed by atoms with Gasteiger partial charge in [0, 0.05) is 12.4 Å². The zero-order chi connectivity index (χ0) is 29.2. The summed E-state index contributed by atoms with van der Waals surface area (Å²) in [5.41, 5.74) is 0. The van der Waals surface area contributed by atoms with Crippen molar-refractivity contribution in [2.24, 2.45) is 0 Å². The molecule has 0 aliphatic heterocycles. The number of rotatable bonds is 10. The molecule has 0 aromatic carbocycles. The molecule has 4 nitrogen and oxygen atoms in total. The van der Waals surface area contributed by atoms with Crippen molar-refractivity contribution in [3.8, 4) is 0 Å². The summed E-state index contributed by atoms with van der Waals surface area (Å²) in [6, 6.07) is 5.72. The van der Waals surface area contributed by atoms with Crippen molar-refractivity contribution in [3.63, 3.8) is 0 Å². The highest BCUT2D eigenvalue weighted by atomic mass is 32.2. The van der Waals surface area contributed by atoms with Gasteiger partial charge >= 0.3 is 50.9 Å². The molecule has 212 valence electrons. The first-order chi connectivity index (χ1) is 15.7. The van der Waals surface area contributed by atoms with Gasteiger partial charge in [0.15, 0.2) is 6.17 Å². The molecule has 0 radical (unpaired) electrons. The fourth-order valence-corrected chi connectivity index (χ4v) is 2.54. The van der Waals surface area contributed by atoms with Gasteiger partial charge in [0.25, 0.3) is 0 Å². The van der Waals surface area contributed by atoms with Crippen molar-refractivity contribution in [1.29, 1.82) is 0 Å². The topological polar surface area (TPSA) is 67.3 Å². The van der Waals surface area contributed by atoms with Gasteiger partial charge in [-0.15, -0.1) is 0 Å².